The van der Waals surface area contributed by atoms with Crippen LogP contribution in [0.25, 0.3) is 22.0 Å². The van der Waals surface area contributed by atoms with Crippen molar-refractivity contribution in [2.75, 3.05) is 11.9 Å². The molecule has 1 N–H and O–H groups in total. The van der Waals surface area contributed by atoms with Gasteiger partial charge in [0.25, 0.3) is 5.91 Å². The number of nitrogens with zero attached hydrogens (tertiary/aromatic N) is 1. The molecule has 1 heterocycles. The Balaban J connectivity index is 1.50. The number of esters is 1. The van der Waals surface area contributed by atoms with E-state index in [9.17, 15) is 14.0 Å². The fraction of sp³-hybridized carbons (Fsp3) is 0.148. The Bertz CT molecular complexity index is 1410. The van der Waals surface area contributed by atoms with Crippen LogP contribution in [0.1, 0.15) is 24.2 Å². The molecule has 1 amide bonds. The molecule has 4 rings (SSSR count). The van der Waals surface area contributed by atoms with Crippen molar-refractivity contribution in [2.45, 2.75) is 20.0 Å². The zero-order valence-corrected chi connectivity index (χ0v) is 19.8. The number of amides is 1. The molecule has 8 heteroatoms. The maximum atomic E-state index is 13.5. The number of benzene rings is 3. The van der Waals surface area contributed by atoms with Gasteiger partial charge < -0.3 is 14.8 Å². The summed E-state index contributed by atoms with van der Waals surface area (Å²) in [6.07, 6.45) is 0.807. The highest BCUT2D eigenvalue weighted by Crippen LogP contribution is 2.34. The lowest BCUT2D eigenvalue weighted by Crippen LogP contribution is -2.30. The summed E-state index contributed by atoms with van der Waals surface area (Å²) >= 11 is 6.25. The summed E-state index contributed by atoms with van der Waals surface area (Å²) in [5, 5.41) is 3.85. The second-order valence-corrected chi connectivity index (χ2v) is 8.12. The number of fused-ring (bicyclic) bond motifs is 1. The molecule has 6 nitrogen and oxygen atoms in total. The topological polar surface area (TPSA) is 77.5 Å². The van der Waals surface area contributed by atoms with E-state index in [-0.39, 0.29) is 12.5 Å². The monoisotopic (exact) mass is 492 g/mol. The molecule has 1 aromatic heterocycles. The van der Waals surface area contributed by atoms with Crippen LogP contribution in [0.15, 0.2) is 72.9 Å². The van der Waals surface area contributed by atoms with Crippen LogP contribution in [-0.4, -0.2) is 29.6 Å². The Hall–Kier alpha value is -3.97. The van der Waals surface area contributed by atoms with Crippen LogP contribution in [0.2, 0.25) is 5.02 Å². The number of carbonyl (C=O) groups excluding carboxylic acids is 2. The molecule has 0 fully saturated rings. The van der Waals surface area contributed by atoms with Crippen molar-refractivity contribution in [1.29, 1.82) is 0 Å². The van der Waals surface area contributed by atoms with Gasteiger partial charge in [-0.3, -0.25) is 9.78 Å². The molecular weight excluding hydrogens is 471 g/mol. The van der Waals surface area contributed by atoms with Crippen LogP contribution in [-0.2, 0) is 9.53 Å². The van der Waals surface area contributed by atoms with E-state index in [0.29, 0.717) is 33.1 Å². The van der Waals surface area contributed by atoms with Crippen molar-refractivity contribution in [2.24, 2.45) is 0 Å². The van der Waals surface area contributed by atoms with Gasteiger partial charge in [0.1, 0.15) is 11.6 Å². The van der Waals surface area contributed by atoms with Crippen LogP contribution in [0.3, 0.4) is 0 Å². The summed E-state index contributed by atoms with van der Waals surface area (Å²) < 4.78 is 24.3. The fourth-order valence-electron chi connectivity index (χ4n) is 3.58. The molecule has 4 aromatic rings. The molecule has 0 spiro atoms. The van der Waals surface area contributed by atoms with Crippen LogP contribution < -0.4 is 10.1 Å². The Morgan fingerprint density at radius 3 is 2.66 bits per heavy atom. The number of carbonyl (C=O) groups is 2. The van der Waals surface area contributed by atoms with Gasteiger partial charge in [-0.1, -0.05) is 17.7 Å². The lowest BCUT2D eigenvalue weighted by Gasteiger charge is -2.16. The van der Waals surface area contributed by atoms with Gasteiger partial charge in [0.2, 0.25) is 0 Å². The molecule has 0 aliphatic heterocycles. The third-order valence-electron chi connectivity index (χ3n) is 5.26. The third-order valence-corrected chi connectivity index (χ3v) is 5.57. The average molecular weight is 493 g/mol. The molecule has 178 valence electrons. The predicted octanol–water partition coefficient (Wildman–Crippen LogP) is 6.28. The molecule has 0 bridgehead atoms. The quantitative estimate of drug-likeness (QED) is 0.307. The summed E-state index contributed by atoms with van der Waals surface area (Å²) in [5.41, 5.74) is 2.92. The number of anilines is 1. The summed E-state index contributed by atoms with van der Waals surface area (Å²) in [4.78, 5) is 29.0. The van der Waals surface area contributed by atoms with Gasteiger partial charge in [-0.15, -0.1) is 0 Å². The van der Waals surface area contributed by atoms with Crippen molar-refractivity contribution in [3.05, 3.63) is 89.3 Å². The van der Waals surface area contributed by atoms with Crippen LogP contribution >= 0.6 is 11.6 Å². The Morgan fingerprint density at radius 2 is 1.89 bits per heavy atom. The minimum absolute atomic E-state index is 0.263. The SMILES string of the molecule is CCOC(=O)c1cccc(NC(=O)[C@@H](C)Oc2ccc3c(-c4ccc(F)cc4Cl)ccnc3c2)c1. The van der Waals surface area contributed by atoms with Crippen LogP contribution in [0.4, 0.5) is 10.1 Å². The van der Waals surface area contributed by atoms with Gasteiger partial charge in [0.05, 0.1) is 22.7 Å². The largest absolute Gasteiger partial charge is 0.481 e. The minimum Gasteiger partial charge on any atom is -0.481 e. The van der Waals surface area contributed by atoms with Gasteiger partial charge >= 0.3 is 5.97 Å². The molecule has 0 aliphatic carbocycles. The molecule has 0 saturated heterocycles. The zero-order chi connectivity index (χ0) is 24.9. The van der Waals surface area contributed by atoms with E-state index in [1.54, 1.807) is 62.5 Å². The molecule has 35 heavy (non-hydrogen) atoms. The molecule has 0 aliphatic rings. The Labute approximate surface area is 206 Å². The molecular formula is C27H22ClFN2O4. The predicted molar refractivity (Wildman–Crippen MR) is 133 cm³/mol. The number of rotatable bonds is 7. The molecule has 0 unspecified atom stereocenters. The highest BCUT2D eigenvalue weighted by Gasteiger charge is 2.17. The molecule has 3 aromatic carbocycles. The van der Waals surface area contributed by atoms with E-state index in [1.165, 1.54) is 12.1 Å². The minimum atomic E-state index is -0.826. The number of hydrogen-bond donors (Lipinski definition) is 1. The fourth-order valence-corrected chi connectivity index (χ4v) is 3.85. The Morgan fingerprint density at radius 1 is 1.06 bits per heavy atom. The first-order valence-electron chi connectivity index (χ1n) is 10.9. The van der Waals surface area contributed by atoms with E-state index in [1.807, 2.05) is 12.1 Å². The van der Waals surface area contributed by atoms with Gasteiger partial charge in [0.15, 0.2) is 6.10 Å². The lowest BCUT2D eigenvalue weighted by atomic mass is 10.0. The van der Waals surface area contributed by atoms with Crippen molar-refractivity contribution in [3.63, 3.8) is 0 Å². The average Bonchev–Trinajstić information content (AvgIpc) is 2.84. The number of nitrogens with one attached hydrogen (secondary N) is 1. The maximum absolute atomic E-state index is 13.5. The van der Waals surface area contributed by atoms with Gasteiger partial charge in [-0.05, 0) is 74.0 Å². The van der Waals surface area contributed by atoms with E-state index >= 15 is 0 Å². The van der Waals surface area contributed by atoms with Crippen LogP contribution in [0.5, 0.6) is 5.75 Å². The highest BCUT2D eigenvalue weighted by atomic mass is 35.5. The van der Waals surface area contributed by atoms with E-state index in [2.05, 4.69) is 10.3 Å². The second-order valence-electron chi connectivity index (χ2n) is 7.71. The second kappa shape index (κ2) is 10.5. The van der Waals surface area contributed by atoms with Gasteiger partial charge in [0, 0.05) is 28.9 Å². The van der Waals surface area contributed by atoms with Crippen molar-refractivity contribution >= 4 is 40.1 Å². The molecule has 1 atom stereocenters. The number of pyridine rings is 1. The van der Waals surface area contributed by atoms with Crippen molar-refractivity contribution in [1.82, 2.24) is 4.98 Å². The lowest BCUT2D eigenvalue weighted by molar-refractivity contribution is -0.122. The number of halogens is 2. The molecule has 0 radical (unpaired) electrons. The summed E-state index contributed by atoms with van der Waals surface area (Å²) in [7, 11) is 0. The van der Waals surface area contributed by atoms with E-state index < -0.39 is 17.9 Å². The Kier molecular flexibility index (Phi) is 7.27. The molecule has 0 saturated carbocycles. The smallest absolute Gasteiger partial charge is 0.338 e. The third kappa shape index (κ3) is 5.58. The number of ether oxygens (including phenoxy) is 2. The first-order valence-corrected chi connectivity index (χ1v) is 11.3. The number of aromatic nitrogens is 1. The number of hydrogen-bond acceptors (Lipinski definition) is 5. The summed E-state index contributed by atoms with van der Waals surface area (Å²) in [5.74, 6) is -0.799. The first kappa shape index (κ1) is 24.2. The summed E-state index contributed by atoms with van der Waals surface area (Å²) in [6, 6.07) is 17.8. The standard InChI is InChI=1S/C27H22ClFN2O4/c1-3-34-27(33)17-5-4-6-19(13-17)31-26(32)16(2)35-20-8-10-23-21(11-12-30-25(23)15-20)22-9-7-18(29)14-24(22)28/h4-16H,3H2,1-2H3,(H,31,32)/t16-/m1/s1. The highest BCUT2D eigenvalue weighted by molar-refractivity contribution is 6.33. The summed E-state index contributed by atoms with van der Waals surface area (Å²) in [6.45, 7) is 3.61. The van der Waals surface area contributed by atoms with Crippen LogP contribution in [0, 0.1) is 5.82 Å². The van der Waals surface area contributed by atoms with Gasteiger partial charge in [-0.25, -0.2) is 9.18 Å². The first-order chi connectivity index (χ1) is 16.9. The van der Waals surface area contributed by atoms with E-state index in [4.69, 9.17) is 21.1 Å². The van der Waals surface area contributed by atoms with Crippen molar-refractivity contribution < 1.29 is 23.5 Å². The van der Waals surface area contributed by atoms with Crippen molar-refractivity contribution in [3.8, 4) is 16.9 Å². The van der Waals surface area contributed by atoms with E-state index in [0.717, 1.165) is 10.9 Å². The zero-order valence-electron chi connectivity index (χ0n) is 19.0. The maximum Gasteiger partial charge on any atom is 0.338 e. The normalized spacial score (nSPS) is 11.7. The van der Waals surface area contributed by atoms with Gasteiger partial charge in [-0.2, -0.15) is 0 Å².